The van der Waals surface area contributed by atoms with Gasteiger partial charge in [0.05, 0.1) is 12.5 Å². The molecule has 4 rings (SSSR count). The van der Waals surface area contributed by atoms with Gasteiger partial charge in [0.1, 0.15) is 5.82 Å². The van der Waals surface area contributed by atoms with E-state index in [1.54, 1.807) is 0 Å². The molecule has 0 radical (unpaired) electrons. The zero-order chi connectivity index (χ0) is 22.8. The number of carbonyl (C=O) groups is 1. The smallest absolute Gasteiger partial charge is 0.329 e. The van der Waals surface area contributed by atoms with Crippen LogP contribution in [0.3, 0.4) is 0 Å². The van der Waals surface area contributed by atoms with Crippen LogP contribution in [0.15, 0.2) is 55.6 Å². The second kappa shape index (κ2) is 8.53. The summed E-state index contributed by atoms with van der Waals surface area (Å²) in [7, 11) is 1.40. The Kier molecular flexibility index (Phi) is 5.63. The Bertz CT molecular complexity index is 1340. The number of anilines is 1. The van der Waals surface area contributed by atoms with Gasteiger partial charge in [0, 0.05) is 38.0 Å². The molecule has 1 aliphatic rings. The van der Waals surface area contributed by atoms with Gasteiger partial charge in [0.2, 0.25) is 5.91 Å². The van der Waals surface area contributed by atoms with Gasteiger partial charge < -0.3 is 15.2 Å². The van der Waals surface area contributed by atoms with Crippen molar-refractivity contribution in [1.82, 2.24) is 24.8 Å². The number of hydrogen-bond donors (Lipinski definition) is 4. The van der Waals surface area contributed by atoms with Gasteiger partial charge in [-0.15, -0.1) is 0 Å². The van der Waals surface area contributed by atoms with E-state index < -0.39 is 22.5 Å². The van der Waals surface area contributed by atoms with Crippen molar-refractivity contribution < 1.29 is 4.79 Å². The highest BCUT2D eigenvalue weighted by Gasteiger charge is 2.28. The Labute approximate surface area is 180 Å². The maximum Gasteiger partial charge on any atom is 0.329 e. The van der Waals surface area contributed by atoms with Gasteiger partial charge in [-0.3, -0.25) is 28.9 Å². The highest BCUT2D eigenvalue weighted by Crippen LogP contribution is 2.31. The van der Waals surface area contributed by atoms with Crippen molar-refractivity contribution in [2.24, 2.45) is 7.05 Å². The average molecular weight is 438 g/mol. The molecule has 11 nitrogen and oxygen atoms in total. The molecule has 1 amide bonds. The maximum absolute atomic E-state index is 12.5. The second-order valence-electron chi connectivity index (χ2n) is 7.61. The topological polar surface area (TPSA) is 153 Å². The SMILES string of the molecule is Cn1c(=O)cc(N2CCc3ccccc3C2CNC(=O)Cc2cc(=O)[nH]c(=O)[nH]2)[nH]c1=O. The van der Waals surface area contributed by atoms with Crippen LogP contribution in [-0.4, -0.2) is 38.5 Å². The van der Waals surface area contributed by atoms with Gasteiger partial charge in [-0.1, -0.05) is 24.3 Å². The van der Waals surface area contributed by atoms with Crippen molar-refractivity contribution in [3.8, 4) is 0 Å². The predicted octanol–water partition coefficient (Wildman–Crippen LogP) is -1.09. The lowest BCUT2D eigenvalue weighted by Gasteiger charge is -2.38. The van der Waals surface area contributed by atoms with Crippen molar-refractivity contribution in [3.63, 3.8) is 0 Å². The van der Waals surface area contributed by atoms with Gasteiger partial charge in [-0.25, -0.2) is 9.59 Å². The molecule has 3 aromatic rings. The number of fused-ring (bicyclic) bond motifs is 1. The molecule has 1 unspecified atom stereocenters. The first kappa shape index (κ1) is 21.1. The summed E-state index contributed by atoms with van der Waals surface area (Å²) in [6, 6.07) is 9.99. The molecule has 0 saturated heterocycles. The van der Waals surface area contributed by atoms with Crippen LogP contribution in [0.5, 0.6) is 0 Å². The van der Waals surface area contributed by atoms with Gasteiger partial charge >= 0.3 is 11.4 Å². The highest BCUT2D eigenvalue weighted by molar-refractivity contribution is 5.78. The normalized spacial score (nSPS) is 15.3. The molecule has 166 valence electrons. The van der Waals surface area contributed by atoms with Crippen molar-refractivity contribution in [1.29, 1.82) is 0 Å². The third kappa shape index (κ3) is 4.31. The van der Waals surface area contributed by atoms with Crippen molar-refractivity contribution in [2.45, 2.75) is 18.9 Å². The first-order chi connectivity index (χ1) is 15.3. The van der Waals surface area contributed by atoms with Crippen molar-refractivity contribution >= 4 is 11.7 Å². The Hall–Kier alpha value is -4.15. The van der Waals surface area contributed by atoms with Gasteiger partial charge in [0.15, 0.2) is 0 Å². The number of aromatic nitrogens is 4. The van der Waals surface area contributed by atoms with E-state index in [2.05, 4.69) is 20.3 Å². The van der Waals surface area contributed by atoms with Crippen LogP contribution in [0.4, 0.5) is 5.82 Å². The summed E-state index contributed by atoms with van der Waals surface area (Å²) in [5.74, 6) is -0.00232. The number of nitrogens with zero attached hydrogens (tertiary/aromatic N) is 2. The Morgan fingerprint density at radius 1 is 1.09 bits per heavy atom. The fourth-order valence-electron chi connectivity index (χ4n) is 3.92. The molecule has 0 saturated carbocycles. The van der Waals surface area contributed by atoms with E-state index in [1.165, 1.54) is 13.1 Å². The first-order valence-electron chi connectivity index (χ1n) is 10.1. The van der Waals surface area contributed by atoms with Crippen molar-refractivity contribution in [3.05, 3.63) is 94.9 Å². The summed E-state index contributed by atoms with van der Waals surface area (Å²) >= 11 is 0. The molecular formula is C21H22N6O5. The molecule has 3 heterocycles. The lowest BCUT2D eigenvalue weighted by molar-refractivity contribution is -0.120. The lowest BCUT2D eigenvalue weighted by atomic mass is 9.92. The van der Waals surface area contributed by atoms with E-state index >= 15 is 0 Å². The zero-order valence-electron chi connectivity index (χ0n) is 17.3. The van der Waals surface area contributed by atoms with Crippen LogP contribution in [-0.2, 0) is 24.7 Å². The van der Waals surface area contributed by atoms with E-state index in [4.69, 9.17) is 0 Å². The minimum atomic E-state index is -0.678. The highest BCUT2D eigenvalue weighted by atomic mass is 16.2. The number of aromatic amines is 3. The molecule has 1 aliphatic heterocycles. The Morgan fingerprint density at radius 3 is 2.62 bits per heavy atom. The minimum absolute atomic E-state index is 0.170. The number of rotatable bonds is 5. The van der Waals surface area contributed by atoms with Gasteiger partial charge in [0.25, 0.3) is 11.1 Å². The summed E-state index contributed by atoms with van der Waals surface area (Å²) in [4.78, 5) is 68.8. The molecule has 0 fully saturated rings. The summed E-state index contributed by atoms with van der Waals surface area (Å²) in [6.45, 7) is 0.739. The molecule has 0 spiro atoms. The summed E-state index contributed by atoms with van der Waals surface area (Å²) in [5.41, 5.74) is 0.0863. The largest absolute Gasteiger partial charge is 0.353 e. The molecule has 2 aromatic heterocycles. The van der Waals surface area contributed by atoms with Crippen LogP contribution >= 0.6 is 0 Å². The first-order valence-corrected chi connectivity index (χ1v) is 10.1. The molecular weight excluding hydrogens is 416 g/mol. The lowest BCUT2D eigenvalue weighted by Crippen LogP contribution is -2.45. The quantitative estimate of drug-likeness (QED) is 0.397. The summed E-state index contributed by atoms with van der Waals surface area (Å²) < 4.78 is 0.987. The van der Waals surface area contributed by atoms with Crippen LogP contribution in [0.2, 0.25) is 0 Å². The standard InChI is InChI=1S/C21H22N6O5/c1-26-19(30)10-16(24-21(26)32)27-7-6-12-4-2-3-5-14(12)15(27)11-22-17(28)8-13-9-18(29)25-20(31)23-13/h2-5,9-10,15H,6-8,11H2,1H3,(H,22,28)(H,24,32)(H2,23,25,29,31). The Balaban J connectivity index is 1.60. The number of H-pyrrole nitrogens is 3. The molecule has 11 heteroatoms. The number of benzene rings is 1. The molecule has 32 heavy (non-hydrogen) atoms. The molecule has 0 bridgehead atoms. The minimum Gasteiger partial charge on any atom is -0.353 e. The van der Waals surface area contributed by atoms with Gasteiger partial charge in [-0.2, -0.15) is 0 Å². The fraction of sp³-hybridized carbons (Fsp3) is 0.286. The van der Waals surface area contributed by atoms with Crippen LogP contribution in [0.25, 0.3) is 0 Å². The molecule has 1 aromatic carbocycles. The van der Waals surface area contributed by atoms with E-state index in [9.17, 15) is 24.0 Å². The van der Waals surface area contributed by atoms with Gasteiger partial charge in [-0.05, 0) is 17.5 Å². The maximum atomic E-state index is 12.5. The zero-order valence-corrected chi connectivity index (χ0v) is 17.3. The number of carbonyl (C=O) groups excluding carboxylic acids is 1. The molecule has 1 atom stereocenters. The third-order valence-corrected chi connectivity index (χ3v) is 5.51. The van der Waals surface area contributed by atoms with Crippen LogP contribution in [0.1, 0.15) is 22.9 Å². The predicted molar refractivity (Wildman–Crippen MR) is 117 cm³/mol. The van der Waals surface area contributed by atoms with E-state index in [-0.39, 0.29) is 30.6 Å². The second-order valence-corrected chi connectivity index (χ2v) is 7.61. The number of nitrogens with one attached hydrogen (secondary N) is 4. The molecule has 4 N–H and O–H groups in total. The van der Waals surface area contributed by atoms with Crippen molar-refractivity contribution in [2.75, 3.05) is 18.0 Å². The monoisotopic (exact) mass is 438 g/mol. The van der Waals surface area contributed by atoms with E-state index in [1.807, 2.05) is 29.2 Å². The number of hydrogen-bond acceptors (Lipinski definition) is 6. The Morgan fingerprint density at radius 2 is 1.88 bits per heavy atom. The fourth-order valence-corrected chi connectivity index (χ4v) is 3.92. The average Bonchev–Trinajstić information content (AvgIpc) is 2.74. The third-order valence-electron chi connectivity index (χ3n) is 5.51. The summed E-state index contributed by atoms with van der Waals surface area (Å²) in [6.07, 6.45) is 0.544. The number of amides is 1. The van der Waals surface area contributed by atoms with Crippen LogP contribution < -0.4 is 32.7 Å². The van der Waals surface area contributed by atoms with E-state index in [0.717, 1.165) is 21.8 Å². The van der Waals surface area contributed by atoms with E-state index in [0.29, 0.717) is 18.8 Å². The molecule has 0 aliphatic carbocycles. The summed E-state index contributed by atoms with van der Waals surface area (Å²) in [5, 5.41) is 2.83. The van der Waals surface area contributed by atoms with Crippen LogP contribution in [0, 0.1) is 0 Å².